The summed E-state index contributed by atoms with van der Waals surface area (Å²) in [6.45, 7) is 0. The van der Waals surface area contributed by atoms with Crippen molar-refractivity contribution >= 4 is 28.2 Å². The number of rotatable bonds is 4. The van der Waals surface area contributed by atoms with Gasteiger partial charge in [0.25, 0.3) is 0 Å². The van der Waals surface area contributed by atoms with E-state index in [0.717, 1.165) is 29.0 Å². The van der Waals surface area contributed by atoms with E-state index in [0.29, 0.717) is 23.1 Å². The number of ether oxygens (including phenoxy) is 2. The Hall–Kier alpha value is -2.28. The van der Waals surface area contributed by atoms with Crippen molar-refractivity contribution in [2.45, 2.75) is 44.1 Å². The maximum atomic E-state index is 12.0. The predicted molar refractivity (Wildman–Crippen MR) is 97.5 cm³/mol. The van der Waals surface area contributed by atoms with E-state index in [9.17, 15) is 4.79 Å². The Morgan fingerprint density at radius 3 is 2.84 bits per heavy atom. The van der Waals surface area contributed by atoms with Crippen LogP contribution >= 0.6 is 11.3 Å². The molecule has 7 heteroatoms. The van der Waals surface area contributed by atoms with Crippen molar-refractivity contribution in [3.8, 4) is 11.5 Å². The lowest BCUT2D eigenvalue weighted by Crippen LogP contribution is -2.22. The molecule has 1 amide bonds. The van der Waals surface area contributed by atoms with Crippen LogP contribution in [0.15, 0.2) is 18.2 Å². The van der Waals surface area contributed by atoms with E-state index in [-0.39, 0.29) is 17.9 Å². The predicted octanol–water partition coefficient (Wildman–Crippen LogP) is 3.53. The lowest BCUT2D eigenvalue weighted by atomic mass is 9.91. The number of carbonyl (C=O) groups excluding carboxylic acids is 1. The number of carbonyl (C=O) groups is 1. The molecule has 3 N–H and O–H groups in total. The quantitative estimate of drug-likeness (QED) is 0.872. The minimum Gasteiger partial charge on any atom is -0.493 e. The van der Waals surface area contributed by atoms with Gasteiger partial charge in [-0.1, -0.05) is 17.4 Å². The van der Waals surface area contributed by atoms with Crippen LogP contribution in [0.2, 0.25) is 0 Å². The number of hydrogen-bond acceptors (Lipinski definition) is 6. The highest BCUT2D eigenvalue weighted by Gasteiger charge is 2.30. The molecule has 132 valence electrons. The summed E-state index contributed by atoms with van der Waals surface area (Å²) in [6, 6.07) is 5.92. The molecular weight excluding hydrogens is 338 g/mol. The van der Waals surface area contributed by atoms with Crippen molar-refractivity contribution < 1.29 is 14.3 Å². The average molecular weight is 359 g/mol. The number of fused-ring (bicyclic) bond motifs is 1. The summed E-state index contributed by atoms with van der Waals surface area (Å²) in [7, 11) is 1.64. The van der Waals surface area contributed by atoms with E-state index in [4.69, 9.17) is 15.2 Å². The molecule has 0 saturated heterocycles. The molecular formula is C18H21N3O3S. The number of thiazole rings is 1. The van der Waals surface area contributed by atoms with Crippen LogP contribution in [0.5, 0.6) is 11.5 Å². The van der Waals surface area contributed by atoms with Crippen LogP contribution in [0.4, 0.5) is 10.9 Å². The fourth-order valence-corrected chi connectivity index (χ4v) is 4.51. The van der Waals surface area contributed by atoms with Crippen molar-refractivity contribution in [2.75, 3.05) is 18.2 Å². The number of nitrogens with zero attached hydrogens (tertiary/aromatic N) is 1. The molecule has 2 aromatic rings. The molecule has 2 aliphatic rings. The molecule has 0 bridgehead atoms. The Bertz CT molecular complexity index is 799. The number of anilines is 2. The fourth-order valence-electron chi connectivity index (χ4n) is 3.59. The second-order valence-electron chi connectivity index (χ2n) is 6.50. The van der Waals surface area contributed by atoms with Gasteiger partial charge in [0.15, 0.2) is 16.6 Å². The number of nitrogen functional groups attached to an aromatic ring is 1. The number of amides is 1. The van der Waals surface area contributed by atoms with Crippen LogP contribution in [0.25, 0.3) is 0 Å². The Labute approximate surface area is 150 Å². The van der Waals surface area contributed by atoms with E-state index in [2.05, 4.69) is 10.3 Å². The molecule has 25 heavy (non-hydrogen) atoms. The third kappa shape index (κ3) is 3.16. The van der Waals surface area contributed by atoms with E-state index in [1.165, 1.54) is 24.2 Å². The van der Waals surface area contributed by atoms with E-state index in [1.807, 2.05) is 18.2 Å². The minimum absolute atomic E-state index is 0.0481. The highest BCUT2D eigenvalue weighted by atomic mass is 32.1. The molecule has 0 radical (unpaired) electrons. The van der Waals surface area contributed by atoms with Crippen LogP contribution in [-0.2, 0) is 4.79 Å². The van der Waals surface area contributed by atoms with E-state index < -0.39 is 0 Å². The monoisotopic (exact) mass is 359 g/mol. The van der Waals surface area contributed by atoms with E-state index in [1.54, 1.807) is 7.11 Å². The topological polar surface area (TPSA) is 86.5 Å². The van der Waals surface area contributed by atoms with Crippen LogP contribution in [0, 0.1) is 0 Å². The summed E-state index contributed by atoms with van der Waals surface area (Å²) in [5.74, 6) is 1.94. The molecule has 1 aliphatic carbocycles. The van der Waals surface area contributed by atoms with Crippen molar-refractivity contribution in [3.05, 3.63) is 28.6 Å². The molecule has 1 aliphatic heterocycles. The van der Waals surface area contributed by atoms with Gasteiger partial charge in [0.2, 0.25) is 5.91 Å². The number of nitrogens with one attached hydrogen (secondary N) is 1. The first-order valence-corrected chi connectivity index (χ1v) is 9.36. The highest BCUT2D eigenvalue weighted by Crippen LogP contribution is 2.43. The standard InChI is InChI=1S/C18H21N3O3S/c1-23-14-8-10(6-7-13(14)24-11-4-2-3-5-11)12-9-15(22)20-17-16(12)25-18(19)21-17/h6-8,11-12H,2-5,9H2,1H3,(H2,19,21)(H,20,22)/t12-/m0/s1. The number of hydrogen-bond donors (Lipinski definition) is 2. The van der Waals surface area contributed by atoms with Crippen LogP contribution in [0.1, 0.15) is 48.5 Å². The molecule has 2 heterocycles. The summed E-state index contributed by atoms with van der Waals surface area (Å²) in [5, 5.41) is 3.26. The maximum absolute atomic E-state index is 12.0. The zero-order chi connectivity index (χ0) is 17.4. The third-order valence-corrected chi connectivity index (χ3v) is 5.82. The first-order chi connectivity index (χ1) is 12.1. The molecule has 6 nitrogen and oxygen atoms in total. The zero-order valence-corrected chi connectivity index (χ0v) is 14.9. The largest absolute Gasteiger partial charge is 0.493 e. The van der Waals surface area contributed by atoms with E-state index >= 15 is 0 Å². The maximum Gasteiger partial charge on any atom is 0.226 e. The fraction of sp³-hybridized carbons (Fsp3) is 0.444. The number of benzene rings is 1. The van der Waals surface area contributed by atoms with Gasteiger partial charge in [0.05, 0.1) is 18.1 Å². The third-order valence-electron chi connectivity index (χ3n) is 4.82. The van der Waals surface area contributed by atoms with Crippen LogP contribution < -0.4 is 20.5 Å². The van der Waals surface area contributed by atoms with Gasteiger partial charge in [0.1, 0.15) is 5.82 Å². The molecule has 1 aromatic heterocycles. The van der Waals surface area contributed by atoms with Crippen molar-refractivity contribution in [2.24, 2.45) is 0 Å². The molecule has 1 saturated carbocycles. The van der Waals surface area contributed by atoms with Gasteiger partial charge in [-0.2, -0.15) is 0 Å². The van der Waals surface area contributed by atoms with Gasteiger partial charge in [-0.25, -0.2) is 4.98 Å². The summed E-state index contributed by atoms with van der Waals surface area (Å²) in [5.41, 5.74) is 6.84. The normalized spacial score (nSPS) is 20.2. The summed E-state index contributed by atoms with van der Waals surface area (Å²) in [6.07, 6.45) is 5.28. The summed E-state index contributed by atoms with van der Waals surface area (Å²) >= 11 is 1.42. The number of methoxy groups -OCH3 is 1. The van der Waals surface area contributed by atoms with Gasteiger partial charge < -0.3 is 20.5 Å². The van der Waals surface area contributed by atoms with Crippen molar-refractivity contribution in [3.63, 3.8) is 0 Å². The Morgan fingerprint density at radius 1 is 1.28 bits per heavy atom. The molecule has 1 fully saturated rings. The number of nitrogens with two attached hydrogens (primary N) is 1. The summed E-state index contributed by atoms with van der Waals surface area (Å²) in [4.78, 5) is 17.2. The lowest BCUT2D eigenvalue weighted by Gasteiger charge is -2.23. The second kappa shape index (κ2) is 6.55. The van der Waals surface area contributed by atoms with Crippen molar-refractivity contribution in [1.82, 2.24) is 4.98 Å². The summed E-state index contributed by atoms with van der Waals surface area (Å²) < 4.78 is 11.6. The van der Waals surface area contributed by atoms with Crippen LogP contribution in [-0.4, -0.2) is 24.1 Å². The zero-order valence-electron chi connectivity index (χ0n) is 14.1. The Morgan fingerprint density at radius 2 is 2.08 bits per heavy atom. The van der Waals surface area contributed by atoms with Gasteiger partial charge in [0, 0.05) is 12.3 Å². The van der Waals surface area contributed by atoms with Gasteiger partial charge in [-0.05, 0) is 43.4 Å². The smallest absolute Gasteiger partial charge is 0.226 e. The first-order valence-electron chi connectivity index (χ1n) is 8.54. The first kappa shape index (κ1) is 16.2. The van der Waals surface area contributed by atoms with Crippen LogP contribution in [0.3, 0.4) is 0 Å². The molecule has 1 aromatic carbocycles. The minimum atomic E-state index is -0.0621. The lowest BCUT2D eigenvalue weighted by molar-refractivity contribution is -0.116. The van der Waals surface area contributed by atoms with Gasteiger partial charge in [-0.15, -0.1) is 0 Å². The van der Waals surface area contributed by atoms with Gasteiger partial charge in [-0.3, -0.25) is 4.79 Å². The molecule has 4 rings (SSSR count). The van der Waals surface area contributed by atoms with Gasteiger partial charge >= 0.3 is 0 Å². The Kier molecular flexibility index (Phi) is 4.25. The van der Waals surface area contributed by atoms with Crippen molar-refractivity contribution in [1.29, 1.82) is 0 Å². The molecule has 1 atom stereocenters. The highest BCUT2D eigenvalue weighted by molar-refractivity contribution is 7.16. The average Bonchev–Trinajstić information content (AvgIpc) is 3.23. The molecule has 0 unspecified atom stereocenters. The Balaban J connectivity index is 1.65. The SMILES string of the molecule is COc1cc([C@@H]2CC(=O)Nc3nc(N)sc32)ccc1OC1CCCC1. The second-order valence-corrected chi connectivity index (χ2v) is 7.57. The molecule has 0 spiro atoms. The number of aromatic nitrogens is 1.